The van der Waals surface area contributed by atoms with Crippen LogP contribution in [0.4, 0.5) is 0 Å². The molecule has 0 aromatic heterocycles. The molecule has 0 aliphatic carbocycles. The van der Waals surface area contributed by atoms with Crippen LogP contribution in [0.1, 0.15) is 46.0 Å². The van der Waals surface area contributed by atoms with Crippen LogP contribution in [-0.2, 0) is 0 Å². The highest BCUT2D eigenvalue weighted by molar-refractivity contribution is 4.91. The van der Waals surface area contributed by atoms with Crippen molar-refractivity contribution in [3.63, 3.8) is 0 Å². The Balaban J connectivity index is 3.32. The lowest BCUT2D eigenvalue weighted by Crippen LogP contribution is -2.06. The Morgan fingerprint density at radius 3 is 2.36 bits per heavy atom. The number of hydrogen-bond acceptors (Lipinski definition) is 1. The molecule has 0 aromatic rings. The van der Waals surface area contributed by atoms with Gasteiger partial charge >= 0.3 is 0 Å². The molecule has 0 amide bonds. The van der Waals surface area contributed by atoms with E-state index in [1.54, 1.807) is 0 Å². The number of rotatable bonds is 5. The molecule has 1 heteroatoms. The van der Waals surface area contributed by atoms with Gasteiger partial charge in [-0.3, -0.25) is 0 Å². The first-order valence-electron chi connectivity index (χ1n) is 4.33. The molecule has 0 bridgehead atoms. The maximum absolute atomic E-state index is 8.69. The Morgan fingerprint density at radius 1 is 1.27 bits per heavy atom. The molecule has 0 aliphatic heterocycles. The summed E-state index contributed by atoms with van der Waals surface area (Å²) in [7, 11) is 0. The van der Waals surface area contributed by atoms with E-state index in [4.69, 9.17) is 5.26 Å². The van der Waals surface area contributed by atoms with E-state index in [1.165, 1.54) is 12.8 Å². The van der Waals surface area contributed by atoms with Crippen molar-refractivity contribution in [2.24, 2.45) is 5.41 Å². The maximum Gasteiger partial charge on any atom is 0.0683 e. The number of unbranched alkanes of at least 4 members (excludes halogenated alkanes) is 3. The van der Waals surface area contributed by atoms with Crippen LogP contribution in [-0.4, -0.2) is 0 Å². The van der Waals surface area contributed by atoms with Gasteiger partial charge in [-0.05, 0) is 20.3 Å². The highest BCUT2D eigenvalue weighted by Crippen LogP contribution is 2.22. The Bertz CT molecular complexity index is 130. The highest BCUT2D eigenvalue weighted by atomic mass is 14.3. The molecule has 0 saturated heterocycles. The third kappa shape index (κ3) is 5.91. The van der Waals surface area contributed by atoms with Crippen LogP contribution >= 0.6 is 0 Å². The van der Waals surface area contributed by atoms with Crippen LogP contribution in [0.25, 0.3) is 0 Å². The fourth-order valence-electron chi connectivity index (χ4n) is 0.976. The first-order chi connectivity index (χ1) is 5.12. The third-order valence-electron chi connectivity index (χ3n) is 1.85. The van der Waals surface area contributed by atoms with E-state index in [1.807, 2.05) is 13.8 Å². The van der Waals surface area contributed by atoms with Crippen LogP contribution in [0, 0.1) is 23.7 Å². The topological polar surface area (TPSA) is 23.8 Å². The summed E-state index contributed by atoms with van der Waals surface area (Å²) in [6, 6.07) is 2.30. The van der Waals surface area contributed by atoms with E-state index in [9.17, 15) is 0 Å². The SMILES string of the molecule is [CH2]CCCCCC(C)(C)C#N. The minimum absolute atomic E-state index is 0.124. The zero-order valence-corrected chi connectivity index (χ0v) is 7.69. The molecular weight excluding hydrogens is 134 g/mol. The summed E-state index contributed by atoms with van der Waals surface area (Å²) < 4.78 is 0. The molecule has 0 fully saturated rings. The van der Waals surface area contributed by atoms with Crippen molar-refractivity contribution in [2.75, 3.05) is 0 Å². The van der Waals surface area contributed by atoms with E-state index < -0.39 is 0 Å². The Labute approximate surface area is 70.4 Å². The molecule has 0 heterocycles. The van der Waals surface area contributed by atoms with E-state index in [2.05, 4.69) is 13.0 Å². The summed E-state index contributed by atoms with van der Waals surface area (Å²) in [5.41, 5.74) is -0.124. The largest absolute Gasteiger partial charge is 0.198 e. The fourth-order valence-corrected chi connectivity index (χ4v) is 0.976. The van der Waals surface area contributed by atoms with Crippen LogP contribution in [0.5, 0.6) is 0 Å². The maximum atomic E-state index is 8.69. The average Bonchev–Trinajstić information content (AvgIpc) is 1.99. The van der Waals surface area contributed by atoms with Gasteiger partial charge in [0.2, 0.25) is 0 Å². The number of hydrogen-bond donors (Lipinski definition) is 0. The molecule has 0 unspecified atom stereocenters. The van der Waals surface area contributed by atoms with Crippen molar-refractivity contribution in [3.05, 3.63) is 6.92 Å². The number of nitrogens with zero attached hydrogens (tertiary/aromatic N) is 1. The zero-order valence-electron chi connectivity index (χ0n) is 7.69. The summed E-state index contributed by atoms with van der Waals surface area (Å²) in [5.74, 6) is 0. The van der Waals surface area contributed by atoms with Crippen LogP contribution in [0.3, 0.4) is 0 Å². The lowest BCUT2D eigenvalue weighted by molar-refractivity contribution is 0.423. The summed E-state index contributed by atoms with van der Waals surface area (Å²) >= 11 is 0. The summed E-state index contributed by atoms with van der Waals surface area (Å²) in [6.45, 7) is 7.77. The van der Waals surface area contributed by atoms with Crippen LogP contribution < -0.4 is 0 Å². The molecule has 0 aliphatic rings. The first kappa shape index (κ1) is 10.5. The highest BCUT2D eigenvalue weighted by Gasteiger charge is 2.14. The molecular formula is C10H18N. The molecule has 63 valence electrons. The third-order valence-corrected chi connectivity index (χ3v) is 1.85. The summed E-state index contributed by atoms with van der Waals surface area (Å²) in [4.78, 5) is 0. The van der Waals surface area contributed by atoms with Gasteiger partial charge in [0.25, 0.3) is 0 Å². The molecule has 11 heavy (non-hydrogen) atoms. The molecule has 0 saturated carbocycles. The number of nitriles is 1. The second-order valence-electron chi connectivity index (χ2n) is 3.66. The quantitative estimate of drug-likeness (QED) is 0.554. The van der Waals surface area contributed by atoms with Crippen LogP contribution in [0.2, 0.25) is 0 Å². The van der Waals surface area contributed by atoms with Gasteiger partial charge < -0.3 is 0 Å². The van der Waals surface area contributed by atoms with Gasteiger partial charge in [0, 0.05) is 0 Å². The molecule has 1 nitrogen and oxygen atoms in total. The van der Waals surface area contributed by atoms with E-state index >= 15 is 0 Å². The average molecular weight is 152 g/mol. The van der Waals surface area contributed by atoms with Crippen LogP contribution in [0.15, 0.2) is 0 Å². The summed E-state index contributed by atoms with van der Waals surface area (Å²) in [5, 5.41) is 8.69. The second kappa shape index (κ2) is 5.18. The van der Waals surface area contributed by atoms with Gasteiger partial charge in [0.15, 0.2) is 0 Å². The minimum atomic E-state index is -0.124. The van der Waals surface area contributed by atoms with Gasteiger partial charge in [-0.15, -0.1) is 0 Å². The fraction of sp³-hybridized carbons (Fsp3) is 0.800. The van der Waals surface area contributed by atoms with Gasteiger partial charge in [-0.2, -0.15) is 5.26 Å². The molecule has 0 N–H and O–H groups in total. The normalized spacial score (nSPS) is 11.1. The molecule has 0 rings (SSSR count). The Hall–Kier alpha value is -0.510. The standard InChI is InChI=1S/C10H18N/c1-4-5-6-7-8-10(2,3)9-11/h1,4-8H2,2-3H3. The molecule has 0 atom stereocenters. The molecule has 0 aromatic carbocycles. The minimum Gasteiger partial charge on any atom is -0.198 e. The lowest BCUT2D eigenvalue weighted by atomic mass is 9.89. The second-order valence-corrected chi connectivity index (χ2v) is 3.66. The van der Waals surface area contributed by atoms with Crippen molar-refractivity contribution in [1.29, 1.82) is 5.26 Å². The predicted octanol–water partition coefficient (Wildman–Crippen LogP) is 3.32. The van der Waals surface area contributed by atoms with Gasteiger partial charge in [-0.1, -0.05) is 32.6 Å². The predicted molar refractivity (Wildman–Crippen MR) is 47.8 cm³/mol. The zero-order chi connectivity index (χ0) is 8.74. The van der Waals surface area contributed by atoms with Crippen molar-refractivity contribution in [3.8, 4) is 6.07 Å². The van der Waals surface area contributed by atoms with Gasteiger partial charge in [-0.25, -0.2) is 0 Å². The van der Waals surface area contributed by atoms with Crippen molar-refractivity contribution in [2.45, 2.75) is 46.0 Å². The smallest absolute Gasteiger partial charge is 0.0683 e. The molecule has 0 spiro atoms. The van der Waals surface area contributed by atoms with E-state index in [0.29, 0.717) is 0 Å². The first-order valence-corrected chi connectivity index (χ1v) is 4.33. The summed E-state index contributed by atoms with van der Waals surface area (Å²) in [6.07, 6.45) is 5.61. The van der Waals surface area contributed by atoms with E-state index in [0.717, 1.165) is 19.3 Å². The lowest BCUT2D eigenvalue weighted by Gasteiger charge is -2.13. The Kier molecular flexibility index (Phi) is 4.94. The van der Waals surface area contributed by atoms with Crippen molar-refractivity contribution >= 4 is 0 Å². The Morgan fingerprint density at radius 2 is 1.91 bits per heavy atom. The van der Waals surface area contributed by atoms with Crippen molar-refractivity contribution in [1.82, 2.24) is 0 Å². The molecule has 1 radical (unpaired) electrons. The van der Waals surface area contributed by atoms with Crippen molar-refractivity contribution < 1.29 is 0 Å². The van der Waals surface area contributed by atoms with Gasteiger partial charge in [0.1, 0.15) is 0 Å². The van der Waals surface area contributed by atoms with Gasteiger partial charge in [0.05, 0.1) is 11.5 Å². The monoisotopic (exact) mass is 152 g/mol. The van der Waals surface area contributed by atoms with E-state index in [-0.39, 0.29) is 5.41 Å².